The zero-order valence-corrected chi connectivity index (χ0v) is 19.5. The number of amides is 4. The molecule has 0 saturated carbocycles. The third-order valence-electron chi connectivity index (χ3n) is 4.51. The number of imide groups is 2. The Morgan fingerprint density at radius 3 is 2.23 bits per heavy atom. The monoisotopic (exact) mass is 486 g/mol. The molecule has 1 N–H and O–H groups in total. The molecule has 2 aromatic carbocycles. The molecule has 1 saturated heterocycles. The molecule has 1 fully saturated rings. The van der Waals surface area contributed by atoms with Gasteiger partial charge in [-0.05, 0) is 74.7 Å². The largest absolute Gasteiger partial charge is 0.493 e. The van der Waals surface area contributed by atoms with Gasteiger partial charge in [0.25, 0.3) is 11.8 Å². The lowest BCUT2D eigenvalue weighted by Gasteiger charge is -2.27. The molecule has 0 unspecified atom stereocenters. The first-order valence-corrected chi connectivity index (χ1v) is 10.4. The van der Waals surface area contributed by atoms with Crippen LogP contribution in [-0.2, 0) is 9.59 Å². The van der Waals surface area contributed by atoms with E-state index in [0.717, 1.165) is 16.0 Å². The maximum atomic E-state index is 13.2. The van der Waals surface area contributed by atoms with Crippen LogP contribution in [0.2, 0.25) is 0 Å². The fourth-order valence-electron chi connectivity index (χ4n) is 3.29. The molecule has 8 heteroatoms. The molecule has 1 aliphatic heterocycles. The number of halogens is 1. The molecule has 0 spiro atoms. The molecule has 1 aliphatic rings. The van der Waals surface area contributed by atoms with Gasteiger partial charge in [-0.25, -0.2) is 9.69 Å². The Morgan fingerprint density at radius 2 is 1.65 bits per heavy atom. The number of ether oxygens (including phenoxy) is 2. The second-order valence-corrected chi connectivity index (χ2v) is 8.35. The number of nitrogens with zero attached hydrogens (tertiary/aromatic N) is 1. The summed E-state index contributed by atoms with van der Waals surface area (Å²) in [6.45, 7) is 7.53. The third kappa shape index (κ3) is 4.80. The van der Waals surface area contributed by atoms with E-state index in [1.165, 1.54) is 13.2 Å². The van der Waals surface area contributed by atoms with E-state index in [4.69, 9.17) is 9.47 Å². The van der Waals surface area contributed by atoms with Crippen LogP contribution in [0.5, 0.6) is 11.5 Å². The zero-order valence-electron chi connectivity index (χ0n) is 17.9. The number of carbonyl (C=O) groups is 3. The lowest BCUT2D eigenvalue weighted by molar-refractivity contribution is -0.122. The number of barbiturate groups is 1. The molecule has 0 aliphatic carbocycles. The Labute approximate surface area is 189 Å². The van der Waals surface area contributed by atoms with Crippen molar-refractivity contribution in [2.75, 3.05) is 12.0 Å². The Kier molecular flexibility index (Phi) is 6.50. The van der Waals surface area contributed by atoms with E-state index in [9.17, 15) is 14.4 Å². The van der Waals surface area contributed by atoms with E-state index in [-0.39, 0.29) is 11.7 Å². The predicted molar refractivity (Wildman–Crippen MR) is 121 cm³/mol. The van der Waals surface area contributed by atoms with Crippen LogP contribution in [0.1, 0.15) is 30.5 Å². The van der Waals surface area contributed by atoms with Crippen molar-refractivity contribution in [3.05, 3.63) is 57.1 Å². The first-order valence-electron chi connectivity index (χ1n) is 9.64. The smallest absolute Gasteiger partial charge is 0.335 e. The lowest BCUT2D eigenvalue weighted by atomic mass is 10.0. The average molecular weight is 487 g/mol. The number of benzene rings is 2. The predicted octanol–water partition coefficient (Wildman–Crippen LogP) is 4.53. The molecule has 1 heterocycles. The molecule has 0 aromatic heterocycles. The summed E-state index contributed by atoms with van der Waals surface area (Å²) in [6, 6.07) is 7.96. The second-order valence-electron chi connectivity index (χ2n) is 7.49. The van der Waals surface area contributed by atoms with Gasteiger partial charge in [0.15, 0.2) is 11.5 Å². The fourth-order valence-corrected chi connectivity index (χ4v) is 3.73. The highest BCUT2D eigenvalue weighted by molar-refractivity contribution is 9.10. The topological polar surface area (TPSA) is 84.9 Å². The molecular weight excluding hydrogens is 464 g/mol. The van der Waals surface area contributed by atoms with E-state index < -0.39 is 17.8 Å². The Hall–Kier alpha value is -3.13. The van der Waals surface area contributed by atoms with Crippen LogP contribution in [0.3, 0.4) is 0 Å². The number of methoxy groups -OCH3 is 1. The number of aryl methyl sites for hydroxylation is 2. The summed E-state index contributed by atoms with van der Waals surface area (Å²) in [4.78, 5) is 39.1. The summed E-state index contributed by atoms with van der Waals surface area (Å²) in [6.07, 6.45) is 1.36. The molecule has 0 radical (unpaired) electrons. The third-order valence-corrected chi connectivity index (χ3v) is 5.20. The van der Waals surface area contributed by atoms with Crippen molar-refractivity contribution in [3.8, 4) is 11.5 Å². The van der Waals surface area contributed by atoms with Crippen molar-refractivity contribution in [1.82, 2.24) is 5.32 Å². The standard InChI is InChI=1S/C23H23BrN2O5/c1-12(2)31-20-11-18(24)15(10-19(20)30-5)9-17-21(27)25-23(29)26(22(17)28)16-7-13(3)6-14(4)8-16/h6-12H,1-5H3,(H,25,27,29)/b17-9+. The maximum Gasteiger partial charge on any atom is 0.335 e. The second kappa shape index (κ2) is 8.93. The molecule has 0 bridgehead atoms. The van der Waals surface area contributed by atoms with E-state index in [1.807, 2.05) is 33.8 Å². The quantitative estimate of drug-likeness (QED) is 0.495. The van der Waals surface area contributed by atoms with E-state index in [2.05, 4.69) is 21.2 Å². The first-order chi connectivity index (χ1) is 14.6. The number of nitrogens with one attached hydrogen (secondary N) is 1. The van der Waals surface area contributed by atoms with Crippen molar-refractivity contribution in [3.63, 3.8) is 0 Å². The SMILES string of the molecule is COc1cc(/C=C2\C(=O)NC(=O)N(c3cc(C)cc(C)c3)C2=O)c(Br)cc1OC(C)C. The number of urea groups is 1. The Bertz CT molecular complexity index is 1090. The summed E-state index contributed by atoms with van der Waals surface area (Å²) in [7, 11) is 1.51. The maximum absolute atomic E-state index is 13.2. The molecule has 3 rings (SSSR count). The summed E-state index contributed by atoms with van der Waals surface area (Å²) < 4.78 is 11.7. The lowest BCUT2D eigenvalue weighted by Crippen LogP contribution is -2.54. The van der Waals surface area contributed by atoms with Crippen molar-refractivity contribution >= 4 is 45.5 Å². The summed E-state index contributed by atoms with van der Waals surface area (Å²) >= 11 is 3.45. The van der Waals surface area contributed by atoms with Crippen LogP contribution in [0, 0.1) is 13.8 Å². The molecule has 2 aromatic rings. The van der Waals surface area contributed by atoms with Crippen molar-refractivity contribution in [2.45, 2.75) is 33.8 Å². The van der Waals surface area contributed by atoms with Crippen LogP contribution in [0.25, 0.3) is 6.08 Å². The van der Waals surface area contributed by atoms with Gasteiger partial charge >= 0.3 is 6.03 Å². The molecule has 7 nitrogen and oxygen atoms in total. The minimum absolute atomic E-state index is 0.0620. The zero-order chi connectivity index (χ0) is 22.9. The molecule has 4 amide bonds. The number of anilines is 1. The normalized spacial score (nSPS) is 15.5. The first kappa shape index (κ1) is 22.6. The van der Waals surface area contributed by atoms with Crippen molar-refractivity contribution < 1.29 is 23.9 Å². The van der Waals surface area contributed by atoms with Crippen LogP contribution in [-0.4, -0.2) is 31.1 Å². The molecule has 0 atom stereocenters. The average Bonchev–Trinajstić information content (AvgIpc) is 2.65. The van der Waals surface area contributed by atoms with Gasteiger partial charge < -0.3 is 9.47 Å². The number of rotatable bonds is 5. The Balaban J connectivity index is 2.06. The fraction of sp³-hybridized carbons (Fsp3) is 0.261. The van der Waals surface area contributed by atoms with E-state index >= 15 is 0 Å². The summed E-state index contributed by atoms with van der Waals surface area (Å²) in [5.74, 6) is -0.483. The van der Waals surface area contributed by atoms with Gasteiger partial charge in [-0.1, -0.05) is 22.0 Å². The van der Waals surface area contributed by atoms with Crippen molar-refractivity contribution in [1.29, 1.82) is 0 Å². The van der Waals surface area contributed by atoms with E-state index in [0.29, 0.717) is 27.2 Å². The van der Waals surface area contributed by atoms with Gasteiger partial charge in [0.05, 0.1) is 18.9 Å². The highest BCUT2D eigenvalue weighted by Crippen LogP contribution is 2.36. The van der Waals surface area contributed by atoms with E-state index in [1.54, 1.807) is 24.3 Å². The van der Waals surface area contributed by atoms with Gasteiger partial charge in [0.1, 0.15) is 5.57 Å². The molecule has 162 valence electrons. The molecular formula is C23H23BrN2O5. The van der Waals surface area contributed by atoms with Crippen LogP contribution in [0.15, 0.2) is 40.4 Å². The molecule has 31 heavy (non-hydrogen) atoms. The highest BCUT2D eigenvalue weighted by Gasteiger charge is 2.37. The van der Waals surface area contributed by atoms with Gasteiger partial charge in [0, 0.05) is 4.47 Å². The van der Waals surface area contributed by atoms with Crippen LogP contribution >= 0.6 is 15.9 Å². The van der Waals surface area contributed by atoms with Crippen LogP contribution < -0.4 is 19.7 Å². The number of hydrogen-bond donors (Lipinski definition) is 1. The number of hydrogen-bond acceptors (Lipinski definition) is 5. The van der Waals surface area contributed by atoms with Gasteiger partial charge in [0.2, 0.25) is 0 Å². The van der Waals surface area contributed by atoms with Gasteiger partial charge in [-0.3, -0.25) is 14.9 Å². The minimum atomic E-state index is -0.783. The van der Waals surface area contributed by atoms with Crippen molar-refractivity contribution in [2.24, 2.45) is 0 Å². The van der Waals surface area contributed by atoms with Gasteiger partial charge in [-0.2, -0.15) is 0 Å². The highest BCUT2D eigenvalue weighted by atomic mass is 79.9. The summed E-state index contributed by atoms with van der Waals surface area (Å²) in [5.41, 5.74) is 2.55. The minimum Gasteiger partial charge on any atom is -0.493 e. The number of carbonyl (C=O) groups excluding carboxylic acids is 3. The summed E-state index contributed by atoms with van der Waals surface area (Å²) in [5, 5.41) is 2.24. The Morgan fingerprint density at radius 1 is 1.00 bits per heavy atom. The van der Waals surface area contributed by atoms with Crippen LogP contribution in [0.4, 0.5) is 10.5 Å². The van der Waals surface area contributed by atoms with Gasteiger partial charge in [-0.15, -0.1) is 0 Å².